The lowest BCUT2D eigenvalue weighted by Gasteiger charge is -2.28. The highest BCUT2D eigenvalue weighted by atomic mass is 32.1. The SMILES string of the molecule is C[C@@H]1CCc2c(sc3c2C(=O)N[C@@H](c2cccc4ccccc24)N3)C1. The van der Waals surface area contributed by atoms with E-state index in [-0.39, 0.29) is 12.1 Å². The van der Waals surface area contributed by atoms with Crippen molar-refractivity contribution in [2.24, 2.45) is 5.92 Å². The summed E-state index contributed by atoms with van der Waals surface area (Å²) in [5.41, 5.74) is 3.29. The Balaban J connectivity index is 1.58. The van der Waals surface area contributed by atoms with E-state index < -0.39 is 0 Å². The van der Waals surface area contributed by atoms with Gasteiger partial charge in [0.05, 0.1) is 5.56 Å². The van der Waals surface area contributed by atoms with Crippen molar-refractivity contribution < 1.29 is 4.79 Å². The predicted octanol–water partition coefficient (Wildman–Crippen LogP) is 4.88. The highest BCUT2D eigenvalue weighted by molar-refractivity contribution is 7.16. The predicted molar refractivity (Wildman–Crippen MR) is 103 cm³/mol. The number of rotatable bonds is 1. The molecule has 0 spiro atoms. The fraction of sp³-hybridized carbons (Fsp3) is 0.286. The van der Waals surface area contributed by atoms with Crippen molar-refractivity contribution in [3.63, 3.8) is 0 Å². The maximum absolute atomic E-state index is 12.9. The zero-order chi connectivity index (χ0) is 17.0. The zero-order valence-corrected chi connectivity index (χ0v) is 15.0. The molecule has 0 saturated carbocycles. The Morgan fingerprint density at radius 1 is 1.08 bits per heavy atom. The molecular weight excluding hydrogens is 328 g/mol. The van der Waals surface area contributed by atoms with Crippen LogP contribution in [0.2, 0.25) is 0 Å². The number of carbonyl (C=O) groups is 1. The van der Waals surface area contributed by atoms with Crippen LogP contribution in [0, 0.1) is 5.92 Å². The molecule has 4 heteroatoms. The molecule has 126 valence electrons. The topological polar surface area (TPSA) is 41.1 Å². The number of hydrogen-bond donors (Lipinski definition) is 2. The highest BCUT2D eigenvalue weighted by Gasteiger charge is 2.33. The number of amides is 1. The second-order valence-corrected chi connectivity index (χ2v) is 8.28. The largest absolute Gasteiger partial charge is 0.353 e. The summed E-state index contributed by atoms with van der Waals surface area (Å²) in [6, 6.07) is 14.6. The third-order valence-electron chi connectivity index (χ3n) is 5.42. The average Bonchev–Trinajstić information content (AvgIpc) is 2.99. The molecule has 0 fully saturated rings. The standard InChI is InChI=1S/C21H20N2OS/c1-12-9-10-16-17(11-12)25-21-18(16)20(24)22-19(23-21)15-8-4-6-13-5-2-3-7-14(13)15/h2-8,12,19,23H,9-11H2,1H3,(H,22,24)/t12-,19-/m1/s1. The molecule has 5 rings (SSSR count). The number of hydrogen-bond acceptors (Lipinski definition) is 3. The van der Waals surface area contributed by atoms with Crippen molar-refractivity contribution in [2.45, 2.75) is 32.4 Å². The van der Waals surface area contributed by atoms with Crippen LogP contribution in [0.5, 0.6) is 0 Å². The molecule has 3 nitrogen and oxygen atoms in total. The summed E-state index contributed by atoms with van der Waals surface area (Å²) in [5.74, 6) is 0.781. The molecule has 3 aromatic rings. The quantitative estimate of drug-likeness (QED) is 0.658. The molecule has 0 bridgehead atoms. The van der Waals surface area contributed by atoms with E-state index in [4.69, 9.17) is 0 Å². The van der Waals surface area contributed by atoms with Crippen molar-refractivity contribution in [2.75, 3.05) is 5.32 Å². The molecule has 1 aromatic heterocycles. The van der Waals surface area contributed by atoms with Crippen molar-refractivity contribution >= 4 is 33.0 Å². The molecule has 0 radical (unpaired) electrons. The fourth-order valence-corrected chi connectivity index (χ4v) is 5.56. The van der Waals surface area contributed by atoms with Gasteiger partial charge in [0.15, 0.2) is 0 Å². The van der Waals surface area contributed by atoms with Crippen LogP contribution in [0.1, 0.15) is 45.9 Å². The molecule has 2 N–H and O–H groups in total. The van der Waals surface area contributed by atoms with E-state index >= 15 is 0 Å². The lowest BCUT2D eigenvalue weighted by atomic mass is 9.88. The van der Waals surface area contributed by atoms with Crippen LogP contribution in [0.4, 0.5) is 5.00 Å². The number of anilines is 1. The van der Waals surface area contributed by atoms with E-state index in [1.165, 1.54) is 27.6 Å². The molecule has 2 aromatic carbocycles. The van der Waals surface area contributed by atoms with Gasteiger partial charge in [0.2, 0.25) is 0 Å². The maximum atomic E-state index is 12.9. The number of fused-ring (bicyclic) bond motifs is 4. The highest BCUT2D eigenvalue weighted by Crippen LogP contribution is 2.43. The zero-order valence-electron chi connectivity index (χ0n) is 14.1. The van der Waals surface area contributed by atoms with Gasteiger partial charge in [-0.15, -0.1) is 11.3 Å². The minimum absolute atomic E-state index is 0.0683. The lowest BCUT2D eigenvalue weighted by molar-refractivity contribution is 0.0935. The average molecular weight is 348 g/mol. The van der Waals surface area contributed by atoms with E-state index in [0.29, 0.717) is 5.92 Å². The molecule has 25 heavy (non-hydrogen) atoms. The van der Waals surface area contributed by atoms with Crippen LogP contribution in [0.25, 0.3) is 10.8 Å². The Hall–Kier alpha value is -2.33. The molecule has 1 aliphatic heterocycles. The summed E-state index contributed by atoms with van der Waals surface area (Å²) in [6.07, 6.45) is 3.12. The van der Waals surface area contributed by atoms with Crippen LogP contribution in [-0.4, -0.2) is 5.91 Å². The molecule has 1 amide bonds. The molecule has 0 saturated heterocycles. The summed E-state index contributed by atoms with van der Waals surface area (Å²) in [5, 5.41) is 10.2. The molecule has 1 aliphatic carbocycles. The van der Waals surface area contributed by atoms with Gasteiger partial charge < -0.3 is 10.6 Å². The van der Waals surface area contributed by atoms with Crippen LogP contribution in [0.15, 0.2) is 42.5 Å². The first-order chi connectivity index (χ1) is 12.2. The summed E-state index contributed by atoms with van der Waals surface area (Å²) in [6.45, 7) is 2.30. The molecular formula is C21H20N2OS. The van der Waals surface area contributed by atoms with Crippen molar-refractivity contribution in [1.82, 2.24) is 5.32 Å². The Bertz CT molecular complexity index is 985. The van der Waals surface area contributed by atoms with Gasteiger partial charge in [0, 0.05) is 10.4 Å². The second-order valence-electron chi connectivity index (χ2n) is 7.18. The first-order valence-corrected chi connectivity index (χ1v) is 9.72. The van der Waals surface area contributed by atoms with Crippen LogP contribution in [-0.2, 0) is 12.8 Å². The third kappa shape index (κ3) is 2.35. The molecule has 2 aliphatic rings. The summed E-state index contributed by atoms with van der Waals surface area (Å²) in [7, 11) is 0. The fourth-order valence-electron chi connectivity index (χ4n) is 4.12. The van der Waals surface area contributed by atoms with Gasteiger partial charge in [0.1, 0.15) is 11.2 Å². The second kappa shape index (κ2) is 5.60. The Morgan fingerprint density at radius 2 is 1.92 bits per heavy atom. The van der Waals surface area contributed by atoms with Crippen LogP contribution < -0.4 is 10.6 Å². The molecule has 2 atom stereocenters. The molecule has 0 unspecified atom stereocenters. The van der Waals surface area contributed by atoms with E-state index in [1.54, 1.807) is 11.3 Å². The summed E-state index contributed by atoms with van der Waals surface area (Å²) < 4.78 is 0. The van der Waals surface area contributed by atoms with Crippen molar-refractivity contribution in [1.29, 1.82) is 0 Å². The van der Waals surface area contributed by atoms with Gasteiger partial charge >= 0.3 is 0 Å². The van der Waals surface area contributed by atoms with Crippen LogP contribution in [0.3, 0.4) is 0 Å². The summed E-state index contributed by atoms with van der Waals surface area (Å²) in [4.78, 5) is 14.3. The first kappa shape index (κ1) is 15.0. The van der Waals surface area contributed by atoms with E-state index in [2.05, 4.69) is 47.9 Å². The summed E-state index contributed by atoms with van der Waals surface area (Å²) >= 11 is 1.78. The van der Waals surface area contributed by atoms with Gasteiger partial charge in [-0.05, 0) is 41.5 Å². The lowest BCUT2D eigenvalue weighted by Crippen LogP contribution is -2.38. The van der Waals surface area contributed by atoms with Gasteiger partial charge in [-0.25, -0.2) is 0 Å². The third-order valence-corrected chi connectivity index (χ3v) is 6.61. The Labute approximate surface area is 151 Å². The van der Waals surface area contributed by atoms with Gasteiger partial charge in [-0.3, -0.25) is 4.79 Å². The number of nitrogens with one attached hydrogen (secondary N) is 2. The first-order valence-electron chi connectivity index (χ1n) is 8.90. The minimum Gasteiger partial charge on any atom is -0.353 e. The normalized spacial score (nSPS) is 22.0. The Kier molecular flexibility index (Phi) is 3.35. The van der Waals surface area contributed by atoms with Crippen LogP contribution >= 0.6 is 11.3 Å². The van der Waals surface area contributed by atoms with Crippen molar-refractivity contribution in [3.8, 4) is 0 Å². The monoisotopic (exact) mass is 348 g/mol. The van der Waals surface area contributed by atoms with Gasteiger partial charge in [0.25, 0.3) is 5.91 Å². The Morgan fingerprint density at radius 3 is 2.84 bits per heavy atom. The van der Waals surface area contributed by atoms with Gasteiger partial charge in [-0.2, -0.15) is 0 Å². The molecule has 2 heterocycles. The number of thiophene rings is 1. The van der Waals surface area contributed by atoms with E-state index in [0.717, 1.165) is 29.0 Å². The minimum atomic E-state index is -0.177. The smallest absolute Gasteiger partial charge is 0.256 e. The van der Waals surface area contributed by atoms with Crippen molar-refractivity contribution in [3.05, 3.63) is 64.0 Å². The van der Waals surface area contributed by atoms with E-state index in [9.17, 15) is 4.79 Å². The maximum Gasteiger partial charge on any atom is 0.256 e. The van der Waals surface area contributed by atoms with Gasteiger partial charge in [-0.1, -0.05) is 49.4 Å². The number of carbonyl (C=O) groups excluding carboxylic acids is 1. The van der Waals surface area contributed by atoms with E-state index in [1.807, 2.05) is 12.1 Å². The number of benzene rings is 2.